The number of pyridine rings is 1. The van der Waals surface area contributed by atoms with Crippen molar-refractivity contribution >= 4 is 22.0 Å². The largest absolute Gasteiger partial charge is 0.338 e. The monoisotopic (exact) mass is 363 g/mol. The summed E-state index contributed by atoms with van der Waals surface area (Å²) in [7, 11) is -3.38. The number of amides is 1. The molecule has 1 saturated heterocycles. The predicted molar refractivity (Wildman–Crippen MR) is 97.2 cm³/mol. The van der Waals surface area contributed by atoms with Crippen LogP contribution >= 0.6 is 0 Å². The number of nitrogens with one attached hydrogen (secondary N) is 1. The lowest BCUT2D eigenvalue weighted by Crippen LogP contribution is -2.49. The van der Waals surface area contributed by atoms with Gasteiger partial charge in [-0.3, -0.25) is 9.78 Å². The lowest BCUT2D eigenvalue weighted by molar-refractivity contribution is -0.126. The fourth-order valence-corrected chi connectivity index (χ4v) is 5.26. The van der Waals surface area contributed by atoms with Gasteiger partial charge in [-0.1, -0.05) is 18.9 Å². The Morgan fingerprint density at radius 1 is 1.24 bits per heavy atom. The van der Waals surface area contributed by atoms with Gasteiger partial charge in [-0.25, -0.2) is 13.1 Å². The third kappa shape index (κ3) is 4.89. The molecule has 1 atom stereocenters. The molecule has 0 bridgehead atoms. The molecule has 6 nitrogen and oxygen atoms in total. The van der Waals surface area contributed by atoms with E-state index < -0.39 is 15.3 Å². The molecule has 136 valence electrons. The Morgan fingerprint density at radius 3 is 2.76 bits per heavy atom. The minimum absolute atomic E-state index is 0.0709. The molecule has 1 aliphatic carbocycles. The highest BCUT2D eigenvalue weighted by atomic mass is 32.2. The summed E-state index contributed by atoms with van der Waals surface area (Å²) in [5, 5.41) is -0.516. The zero-order chi connectivity index (χ0) is 17.7. The van der Waals surface area contributed by atoms with Crippen molar-refractivity contribution in [2.45, 2.75) is 49.8 Å². The number of aromatic nitrogens is 1. The summed E-state index contributed by atoms with van der Waals surface area (Å²) >= 11 is 0. The first-order valence-corrected chi connectivity index (χ1v) is 10.5. The van der Waals surface area contributed by atoms with Crippen LogP contribution < -0.4 is 4.72 Å². The van der Waals surface area contributed by atoms with Gasteiger partial charge in [0.2, 0.25) is 15.9 Å². The molecule has 3 rings (SSSR count). The van der Waals surface area contributed by atoms with E-state index in [1.54, 1.807) is 23.4 Å². The second kappa shape index (κ2) is 8.10. The van der Waals surface area contributed by atoms with Gasteiger partial charge in [0.25, 0.3) is 0 Å². The first kappa shape index (κ1) is 18.1. The normalized spacial score (nSPS) is 22.6. The SMILES string of the molecule is O=C(/C=C/c1cccnc1)N1CCCC(S(=O)(=O)NC2CCCC2)C1. The lowest BCUT2D eigenvalue weighted by atomic mass is 10.1. The van der Waals surface area contributed by atoms with E-state index in [9.17, 15) is 13.2 Å². The molecule has 0 spiro atoms. The molecule has 7 heteroatoms. The Balaban J connectivity index is 1.60. The van der Waals surface area contributed by atoms with Crippen molar-refractivity contribution in [2.24, 2.45) is 0 Å². The number of carbonyl (C=O) groups excluding carboxylic acids is 1. The molecule has 1 aliphatic heterocycles. The summed E-state index contributed by atoms with van der Waals surface area (Å²) in [5.74, 6) is -0.149. The van der Waals surface area contributed by atoms with E-state index in [-0.39, 0.29) is 18.5 Å². The topological polar surface area (TPSA) is 79.4 Å². The van der Waals surface area contributed by atoms with Crippen LogP contribution in [0.5, 0.6) is 0 Å². The first-order chi connectivity index (χ1) is 12.0. The van der Waals surface area contributed by atoms with Crippen LogP contribution in [0.1, 0.15) is 44.1 Å². The first-order valence-electron chi connectivity index (χ1n) is 8.93. The smallest absolute Gasteiger partial charge is 0.246 e. The molecule has 1 saturated carbocycles. The quantitative estimate of drug-likeness (QED) is 0.811. The number of hydrogen-bond acceptors (Lipinski definition) is 4. The van der Waals surface area contributed by atoms with Gasteiger partial charge in [-0.2, -0.15) is 0 Å². The van der Waals surface area contributed by atoms with Crippen LogP contribution in [0.2, 0.25) is 0 Å². The van der Waals surface area contributed by atoms with Gasteiger partial charge in [0, 0.05) is 37.6 Å². The minimum Gasteiger partial charge on any atom is -0.338 e. The molecule has 0 aromatic carbocycles. The Hall–Kier alpha value is -1.73. The summed E-state index contributed by atoms with van der Waals surface area (Å²) in [6.07, 6.45) is 11.9. The van der Waals surface area contributed by atoms with E-state index in [1.807, 2.05) is 12.1 Å². The summed E-state index contributed by atoms with van der Waals surface area (Å²) in [6.45, 7) is 0.865. The summed E-state index contributed by atoms with van der Waals surface area (Å²) in [4.78, 5) is 18.0. The van der Waals surface area contributed by atoms with E-state index in [2.05, 4.69) is 9.71 Å². The van der Waals surface area contributed by atoms with Crippen LogP contribution in [0.3, 0.4) is 0 Å². The predicted octanol–water partition coefficient (Wildman–Crippen LogP) is 1.95. The Kier molecular flexibility index (Phi) is 5.86. The molecule has 2 heterocycles. The Bertz CT molecular complexity index is 712. The third-order valence-electron chi connectivity index (χ3n) is 4.92. The van der Waals surface area contributed by atoms with Crippen LogP contribution in [0.4, 0.5) is 0 Å². The van der Waals surface area contributed by atoms with Crippen LogP contribution in [0.15, 0.2) is 30.6 Å². The second-order valence-electron chi connectivity index (χ2n) is 6.81. The molecule has 2 fully saturated rings. The van der Waals surface area contributed by atoms with Crippen molar-refractivity contribution in [1.82, 2.24) is 14.6 Å². The maximum atomic E-state index is 12.6. The molecule has 0 radical (unpaired) electrons. The number of rotatable bonds is 5. The van der Waals surface area contributed by atoms with Crippen molar-refractivity contribution in [3.8, 4) is 0 Å². The Morgan fingerprint density at radius 2 is 2.04 bits per heavy atom. The van der Waals surface area contributed by atoms with E-state index in [4.69, 9.17) is 0 Å². The maximum Gasteiger partial charge on any atom is 0.246 e. The standard InChI is InChI=1S/C18H25N3O3S/c22-18(10-9-15-5-3-11-19-13-15)21-12-4-8-17(14-21)25(23,24)20-16-6-1-2-7-16/h3,5,9-11,13,16-17,20H,1-2,4,6-8,12,14H2/b10-9+. The molecule has 1 amide bonds. The second-order valence-corrected chi connectivity index (χ2v) is 8.80. The van der Waals surface area contributed by atoms with E-state index in [0.29, 0.717) is 19.4 Å². The Labute approximate surface area is 149 Å². The zero-order valence-corrected chi connectivity index (χ0v) is 15.1. The lowest BCUT2D eigenvalue weighted by Gasteiger charge is -2.32. The number of likely N-dealkylation sites (tertiary alicyclic amines) is 1. The van der Waals surface area contributed by atoms with E-state index >= 15 is 0 Å². The fraction of sp³-hybridized carbons (Fsp3) is 0.556. The fourth-order valence-electron chi connectivity index (χ4n) is 3.51. The van der Waals surface area contributed by atoms with Crippen molar-refractivity contribution in [1.29, 1.82) is 0 Å². The molecular weight excluding hydrogens is 338 g/mol. The van der Waals surface area contributed by atoms with Crippen molar-refractivity contribution in [2.75, 3.05) is 13.1 Å². The van der Waals surface area contributed by atoms with Crippen LogP contribution in [-0.4, -0.2) is 48.6 Å². The van der Waals surface area contributed by atoms with Gasteiger partial charge in [0.05, 0.1) is 5.25 Å². The number of nitrogens with zero attached hydrogens (tertiary/aromatic N) is 2. The summed E-state index contributed by atoms with van der Waals surface area (Å²) in [5.41, 5.74) is 0.847. The van der Waals surface area contributed by atoms with Crippen molar-refractivity contribution in [3.63, 3.8) is 0 Å². The van der Waals surface area contributed by atoms with Gasteiger partial charge < -0.3 is 4.90 Å². The third-order valence-corrected chi connectivity index (χ3v) is 6.84. The molecule has 1 aromatic rings. The average Bonchev–Trinajstić information content (AvgIpc) is 3.13. The van der Waals surface area contributed by atoms with E-state index in [0.717, 1.165) is 31.2 Å². The van der Waals surface area contributed by atoms with E-state index in [1.165, 1.54) is 6.08 Å². The molecule has 1 aromatic heterocycles. The van der Waals surface area contributed by atoms with Gasteiger partial charge in [-0.05, 0) is 43.4 Å². The minimum atomic E-state index is -3.38. The highest BCUT2D eigenvalue weighted by Gasteiger charge is 2.34. The molecule has 1 N–H and O–H groups in total. The molecule has 1 unspecified atom stereocenters. The average molecular weight is 363 g/mol. The number of piperidine rings is 1. The van der Waals surface area contributed by atoms with Gasteiger partial charge in [0.1, 0.15) is 0 Å². The van der Waals surface area contributed by atoms with Crippen LogP contribution in [-0.2, 0) is 14.8 Å². The highest BCUT2D eigenvalue weighted by molar-refractivity contribution is 7.90. The zero-order valence-electron chi connectivity index (χ0n) is 14.3. The van der Waals surface area contributed by atoms with Crippen LogP contribution in [0.25, 0.3) is 6.08 Å². The number of hydrogen-bond donors (Lipinski definition) is 1. The van der Waals surface area contributed by atoms with Crippen molar-refractivity contribution in [3.05, 3.63) is 36.2 Å². The summed E-state index contributed by atoms with van der Waals surface area (Å²) < 4.78 is 28.1. The van der Waals surface area contributed by atoms with Crippen LogP contribution in [0, 0.1) is 0 Å². The summed E-state index contributed by atoms with van der Waals surface area (Å²) in [6, 6.07) is 3.75. The van der Waals surface area contributed by atoms with Crippen molar-refractivity contribution < 1.29 is 13.2 Å². The van der Waals surface area contributed by atoms with Gasteiger partial charge in [0.15, 0.2) is 0 Å². The molecular formula is C18H25N3O3S. The molecule has 2 aliphatic rings. The van der Waals surface area contributed by atoms with Gasteiger partial charge >= 0.3 is 0 Å². The number of sulfonamides is 1. The van der Waals surface area contributed by atoms with Gasteiger partial charge in [-0.15, -0.1) is 0 Å². The molecule has 25 heavy (non-hydrogen) atoms. The highest BCUT2D eigenvalue weighted by Crippen LogP contribution is 2.22. The maximum absolute atomic E-state index is 12.6. The number of carbonyl (C=O) groups is 1.